The highest BCUT2D eigenvalue weighted by molar-refractivity contribution is 5.24. The number of hydrogen-bond acceptors (Lipinski definition) is 1. The highest BCUT2D eigenvalue weighted by atomic mass is 14.7. The van der Waals surface area contributed by atoms with Crippen LogP contribution >= 0.6 is 0 Å². The van der Waals surface area contributed by atoms with Crippen LogP contribution in [0.4, 0.5) is 0 Å². The Labute approximate surface area is 105 Å². The molecule has 0 atom stereocenters. The van der Waals surface area contributed by atoms with Crippen molar-refractivity contribution in [3.8, 4) is 0 Å². The van der Waals surface area contributed by atoms with Crippen LogP contribution in [0.1, 0.15) is 52.0 Å². The maximum absolute atomic E-state index is 6.57. The van der Waals surface area contributed by atoms with Crippen molar-refractivity contribution in [2.24, 2.45) is 17.1 Å². The summed E-state index contributed by atoms with van der Waals surface area (Å²) in [4.78, 5) is 0. The van der Waals surface area contributed by atoms with E-state index in [0.717, 1.165) is 18.8 Å². The van der Waals surface area contributed by atoms with Crippen LogP contribution in [0.5, 0.6) is 0 Å². The quantitative estimate of drug-likeness (QED) is 0.778. The molecule has 0 aliphatic heterocycles. The molecule has 0 bridgehead atoms. The van der Waals surface area contributed by atoms with Gasteiger partial charge in [-0.2, -0.15) is 0 Å². The molecule has 0 amide bonds. The van der Waals surface area contributed by atoms with Gasteiger partial charge in [0.1, 0.15) is 0 Å². The Morgan fingerprint density at radius 2 is 1.71 bits per heavy atom. The third kappa shape index (κ3) is 2.71. The van der Waals surface area contributed by atoms with Gasteiger partial charge in [0, 0.05) is 5.54 Å². The fourth-order valence-corrected chi connectivity index (χ4v) is 3.01. The van der Waals surface area contributed by atoms with E-state index in [1.165, 1.54) is 18.4 Å². The molecule has 0 spiro atoms. The topological polar surface area (TPSA) is 26.0 Å². The van der Waals surface area contributed by atoms with E-state index in [4.69, 9.17) is 5.73 Å². The van der Waals surface area contributed by atoms with Crippen molar-refractivity contribution < 1.29 is 0 Å². The minimum absolute atomic E-state index is 0.100. The number of hydrogen-bond donors (Lipinski definition) is 1. The number of benzene rings is 1. The minimum Gasteiger partial charge on any atom is -0.321 e. The van der Waals surface area contributed by atoms with E-state index in [2.05, 4.69) is 39.0 Å². The molecule has 0 unspecified atom stereocenters. The van der Waals surface area contributed by atoms with E-state index in [-0.39, 0.29) is 5.54 Å². The molecule has 1 nitrogen and oxygen atoms in total. The van der Waals surface area contributed by atoms with E-state index in [1.54, 1.807) is 0 Å². The number of rotatable bonds is 1. The van der Waals surface area contributed by atoms with Crippen LogP contribution in [0.25, 0.3) is 0 Å². The Balaban J connectivity index is 2.08. The van der Waals surface area contributed by atoms with Crippen LogP contribution in [-0.4, -0.2) is 0 Å². The summed E-state index contributed by atoms with van der Waals surface area (Å²) in [7, 11) is 0. The first-order valence-corrected chi connectivity index (χ1v) is 6.67. The van der Waals surface area contributed by atoms with Gasteiger partial charge in [0.15, 0.2) is 0 Å². The molecule has 0 saturated heterocycles. The maximum atomic E-state index is 6.57. The highest BCUT2D eigenvalue weighted by Crippen LogP contribution is 2.44. The van der Waals surface area contributed by atoms with Crippen molar-refractivity contribution in [2.75, 3.05) is 0 Å². The summed E-state index contributed by atoms with van der Waals surface area (Å²) >= 11 is 0. The van der Waals surface area contributed by atoms with Gasteiger partial charge in [-0.3, -0.25) is 0 Å². The van der Waals surface area contributed by atoms with Crippen LogP contribution in [0.3, 0.4) is 0 Å². The van der Waals surface area contributed by atoms with E-state index >= 15 is 0 Å². The van der Waals surface area contributed by atoms with Crippen molar-refractivity contribution in [3.63, 3.8) is 0 Å². The van der Waals surface area contributed by atoms with Gasteiger partial charge in [-0.15, -0.1) is 0 Å². The molecular formula is C16H24N. The second-order valence-corrected chi connectivity index (χ2v) is 6.59. The monoisotopic (exact) mass is 230 g/mol. The Bertz CT molecular complexity index is 353. The average molecular weight is 230 g/mol. The third-order valence-electron chi connectivity index (χ3n) is 4.40. The zero-order valence-electron chi connectivity index (χ0n) is 11.3. The van der Waals surface area contributed by atoms with Gasteiger partial charge < -0.3 is 5.73 Å². The lowest BCUT2D eigenvalue weighted by Gasteiger charge is -2.42. The molecule has 1 heteroatoms. The molecule has 1 radical (unpaired) electrons. The summed E-state index contributed by atoms with van der Waals surface area (Å²) in [6.45, 7) is 7.04. The Morgan fingerprint density at radius 3 is 2.18 bits per heavy atom. The molecule has 1 aromatic rings. The van der Waals surface area contributed by atoms with Crippen LogP contribution in [0, 0.1) is 17.4 Å². The first-order chi connectivity index (χ1) is 7.92. The second-order valence-electron chi connectivity index (χ2n) is 6.59. The van der Waals surface area contributed by atoms with Crippen LogP contribution in [0.15, 0.2) is 24.3 Å². The van der Waals surface area contributed by atoms with E-state index in [1.807, 2.05) is 12.1 Å². The first kappa shape index (κ1) is 12.6. The van der Waals surface area contributed by atoms with E-state index < -0.39 is 0 Å². The largest absolute Gasteiger partial charge is 0.321 e. The molecule has 2 rings (SSSR count). The van der Waals surface area contributed by atoms with Crippen LogP contribution in [-0.2, 0) is 5.54 Å². The van der Waals surface area contributed by atoms with Gasteiger partial charge in [0.2, 0.25) is 0 Å². The molecule has 1 aliphatic carbocycles. The third-order valence-corrected chi connectivity index (χ3v) is 4.40. The molecule has 1 aromatic carbocycles. The lowest BCUT2D eigenvalue weighted by atomic mass is 9.66. The fourth-order valence-electron chi connectivity index (χ4n) is 3.01. The summed E-state index contributed by atoms with van der Waals surface area (Å²) in [6.07, 6.45) is 4.72. The van der Waals surface area contributed by atoms with Gasteiger partial charge in [-0.05, 0) is 48.6 Å². The van der Waals surface area contributed by atoms with Gasteiger partial charge in [-0.25, -0.2) is 0 Å². The molecule has 0 aromatic heterocycles. The van der Waals surface area contributed by atoms with E-state index in [9.17, 15) is 0 Å². The molecule has 1 saturated carbocycles. The minimum atomic E-state index is -0.100. The lowest BCUT2D eigenvalue weighted by molar-refractivity contribution is 0.134. The van der Waals surface area contributed by atoms with Gasteiger partial charge in [-0.1, -0.05) is 45.0 Å². The molecule has 17 heavy (non-hydrogen) atoms. The Morgan fingerprint density at radius 1 is 1.18 bits per heavy atom. The van der Waals surface area contributed by atoms with Crippen molar-refractivity contribution in [2.45, 2.75) is 52.0 Å². The lowest BCUT2D eigenvalue weighted by Crippen LogP contribution is -2.42. The molecular weight excluding hydrogens is 206 g/mol. The number of nitrogens with two attached hydrogens (primary N) is 1. The second kappa shape index (κ2) is 4.45. The maximum Gasteiger partial charge on any atom is 0.0409 e. The summed E-state index contributed by atoms with van der Waals surface area (Å²) < 4.78 is 0. The Hall–Kier alpha value is -0.820. The van der Waals surface area contributed by atoms with Gasteiger partial charge >= 0.3 is 0 Å². The standard InChI is InChI=1S/C16H24N/c1-15(2,3)13-9-11-16(17,12-10-13)14-7-5-4-6-8-14/h5-8,13H,9-12,17H2,1-3H3. The average Bonchev–Trinajstić information content (AvgIpc) is 2.29. The Kier molecular flexibility index (Phi) is 3.31. The first-order valence-electron chi connectivity index (χ1n) is 6.67. The van der Waals surface area contributed by atoms with Gasteiger partial charge in [0.05, 0.1) is 0 Å². The van der Waals surface area contributed by atoms with Crippen LogP contribution < -0.4 is 5.73 Å². The normalized spacial score (nSPS) is 30.2. The predicted molar refractivity (Wildman–Crippen MR) is 72.6 cm³/mol. The zero-order valence-corrected chi connectivity index (χ0v) is 11.3. The molecule has 0 heterocycles. The molecule has 1 fully saturated rings. The summed E-state index contributed by atoms with van der Waals surface area (Å²) in [6, 6.07) is 11.3. The smallest absolute Gasteiger partial charge is 0.0409 e. The predicted octanol–water partition coefficient (Wildman–Crippen LogP) is 3.88. The zero-order chi connectivity index (χ0) is 12.5. The molecule has 2 N–H and O–H groups in total. The summed E-state index contributed by atoms with van der Waals surface area (Å²) in [5, 5.41) is 0. The fraction of sp³-hybridized carbons (Fsp3) is 0.625. The SMILES string of the molecule is CC(C)(C)C1CCC(N)(c2cc[c]cc2)CC1. The van der Waals surface area contributed by atoms with Crippen molar-refractivity contribution >= 4 is 0 Å². The molecule has 93 valence electrons. The molecule has 1 aliphatic rings. The van der Waals surface area contributed by atoms with Crippen molar-refractivity contribution in [3.05, 3.63) is 35.9 Å². The highest BCUT2D eigenvalue weighted by Gasteiger charge is 2.36. The summed E-state index contributed by atoms with van der Waals surface area (Å²) in [5.41, 5.74) is 8.18. The summed E-state index contributed by atoms with van der Waals surface area (Å²) in [5.74, 6) is 0.814. The van der Waals surface area contributed by atoms with Crippen LogP contribution in [0.2, 0.25) is 0 Å². The van der Waals surface area contributed by atoms with Crippen molar-refractivity contribution in [1.29, 1.82) is 0 Å². The van der Waals surface area contributed by atoms with E-state index in [0.29, 0.717) is 5.41 Å². The van der Waals surface area contributed by atoms with Crippen molar-refractivity contribution in [1.82, 2.24) is 0 Å². The van der Waals surface area contributed by atoms with Gasteiger partial charge in [0.25, 0.3) is 0 Å².